The molecule has 0 bridgehead atoms. The second kappa shape index (κ2) is 3.19. The predicted molar refractivity (Wildman–Crippen MR) is 62.4 cm³/mol. The molecule has 1 aliphatic heterocycles. The molecule has 1 heterocycles. The van der Waals surface area contributed by atoms with Crippen molar-refractivity contribution < 1.29 is 4.79 Å². The van der Waals surface area contributed by atoms with Crippen LogP contribution >= 0.6 is 0 Å². The minimum absolute atomic E-state index is 0.236. The molecule has 0 saturated heterocycles. The summed E-state index contributed by atoms with van der Waals surface area (Å²) in [7, 11) is 2.11. The van der Waals surface area contributed by atoms with E-state index >= 15 is 0 Å². The maximum absolute atomic E-state index is 10.4. The second-order valence-electron chi connectivity index (χ2n) is 4.75. The van der Waals surface area contributed by atoms with Crippen molar-refractivity contribution in [3.05, 3.63) is 29.3 Å². The van der Waals surface area contributed by atoms with E-state index < -0.39 is 0 Å². The zero-order valence-corrected chi connectivity index (χ0v) is 9.36. The first kappa shape index (κ1) is 9.61. The van der Waals surface area contributed by atoms with Gasteiger partial charge >= 0.3 is 0 Å². The van der Waals surface area contributed by atoms with Gasteiger partial charge in [-0.15, -0.1) is 0 Å². The molecule has 1 fully saturated rings. The highest BCUT2D eigenvalue weighted by Gasteiger charge is 2.45. The van der Waals surface area contributed by atoms with Crippen LogP contribution in [0.15, 0.2) is 23.2 Å². The topological polar surface area (TPSA) is 32.7 Å². The Kier molecular flexibility index (Phi) is 1.92. The Labute approximate surface area is 94.8 Å². The van der Waals surface area contributed by atoms with Crippen molar-refractivity contribution in [1.29, 1.82) is 0 Å². The van der Waals surface area contributed by atoms with Gasteiger partial charge in [-0.3, -0.25) is 0 Å². The van der Waals surface area contributed by atoms with Crippen LogP contribution < -0.4 is 4.90 Å². The fourth-order valence-corrected chi connectivity index (χ4v) is 2.50. The lowest BCUT2D eigenvalue weighted by atomic mass is 10.0. The molecule has 0 radical (unpaired) electrons. The molecular formula is C13H14N2O. The molecule has 0 atom stereocenters. The van der Waals surface area contributed by atoms with E-state index in [2.05, 4.69) is 35.1 Å². The van der Waals surface area contributed by atoms with E-state index in [1.54, 1.807) is 6.08 Å². The summed E-state index contributed by atoms with van der Waals surface area (Å²) in [5.41, 5.74) is 3.63. The molecule has 1 saturated carbocycles. The highest BCUT2D eigenvalue weighted by atomic mass is 16.1. The molecule has 1 aliphatic carbocycles. The van der Waals surface area contributed by atoms with Crippen molar-refractivity contribution in [3.63, 3.8) is 0 Å². The average molecular weight is 214 g/mol. The number of carbonyl (C=O) groups excluding carboxylic acids is 1. The van der Waals surface area contributed by atoms with Crippen molar-refractivity contribution in [2.24, 2.45) is 4.99 Å². The normalized spacial score (nSPS) is 20.2. The van der Waals surface area contributed by atoms with Crippen molar-refractivity contribution in [3.8, 4) is 0 Å². The molecule has 2 aliphatic rings. The average Bonchev–Trinajstić information content (AvgIpc) is 2.99. The molecule has 1 aromatic rings. The van der Waals surface area contributed by atoms with Crippen LogP contribution in [0.2, 0.25) is 0 Å². The largest absolute Gasteiger partial charge is 0.374 e. The van der Waals surface area contributed by atoms with E-state index in [9.17, 15) is 4.79 Å². The van der Waals surface area contributed by atoms with Gasteiger partial charge in [-0.1, -0.05) is 12.1 Å². The van der Waals surface area contributed by atoms with E-state index in [1.165, 1.54) is 16.8 Å². The summed E-state index contributed by atoms with van der Waals surface area (Å²) >= 11 is 0. The molecule has 3 nitrogen and oxygen atoms in total. The fourth-order valence-electron chi connectivity index (χ4n) is 2.50. The Morgan fingerprint density at radius 3 is 2.94 bits per heavy atom. The van der Waals surface area contributed by atoms with Crippen LogP contribution in [0.5, 0.6) is 0 Å². The smallest absolute Gasteiger partial charge is 0.235 e. The standard InChI is InChI=1S/C13H14N2O/c1-15-7-4-10-2-3-11(8-12(10)15)13(5-6-13)14-9-16/h2-3,8H,4-7H2,1H3. The van der Waals surface area contributed by atoms with E-state index in [1.807, 2.05) is 0 Å². The second-order valence-corrected chi connectivity index (χ2v) is 4.75. The number of anilines is 1. The van der Waals surface area contributed by atoms with Gasteiger partial charge in [0.05, 0.1) is 5.54 Å². The minimum Gasteiger partial charge on any atom is -0.374 e. The highest BCUT2D eigenvalue weighted by molar-refractivity contribution is 5.60. The summed E-state index contributed by atoms with van der Waals surface area (Å²) in [4.78, 5) is 16.7. The molecule has 1 aromatic carbocycles. The molecule has 0 amide bonds. The molecule has 82 valence electrons. The number of hydrogen-bond donors (Lipinski definition) is 0. The van der Waals surface area contributed by atoms with Crippen LogP contribution in [-0.2, 0) is 16.8 Å². The lowest BCUT2D eigenvalue weighted by Crippen LogP contribution is -2.13. The number of likely N-dealkylation sites (N-methyl/N-ethyl adjacent to an activating group) is 1. The van der Waals surface area contributed by atoms with Gasteiger partial charge in [0, 0.05) is 19.3 Å². The zero-order chi connectivity index (χ0) is 11.2. The van der Waals surface area contributed by atoms with E-state index in [0.29, 0.717) is 0 Å². The minimum atomic E-state index is -0.236. The summed E-state index contributed by atoms with van der Waals surface area (Å²) in [6.07, 6.45) is 4.78. The Morgan fingerprint density at radius 2 is 2.25 bits per heavy atom. The summed E-state index contributed by atoms with van der Waals surface area (Å²) in [5, 5.41) is 0. The predicted octanol–water partition coefficient (Wildman–Crippen LogP) is 2.00. The van der Waals surface area contributed by atoms with Crippen LogP contribution in [-0.4, -0.2) is 19.7 Å². The van der Waals surface area contributed by atoms with Crippen molar-refractivity contribution in [1.82, 2.24) is 0 Å². The Morgan fingerprint density at radius 1 is 1.44 bits per heavy atom. The summed E-state index contributed by atoms with van der Waals surface area (Å²) in [6.45, 7) is 1.09. The lowest BCUT2D eigenvalue weighted by Gasteiger charge is -2.15. The number of benzene rings is 1. The van der Waals surface area contributed by atoms with Crippen molar-refractivity contribution in [2.75, 3.05) is 18.5 Å². The molecule has 0 aromatic heterocycles. The number of nitrogens with zero attached hydrogens (tertiary/aromatic N) is 2. The fraction of sp³-hybridized carbons (Fsp3) is 0.462. The molecular weight excluding hydrogens is 200 g/mol. The number of hydrogen-bond acceptors (Lipinski definition) is 3. The number of fused-ring (bicyclic) bond motifs is 1. The van der Waals surface area contributed by atoms with Crippen molar-refractivity contribution >= 4 is 11.8 Å². The molecule has 3 rings (SSSR count). The van der Waals surface area contributed by atoms with E-state index in [0.717, 1.165) is 25.8 Å². The summed E-state index contributed by atoms with van der Waals surface area (Å²) in [5.74, 6) is 0. The first-order valence-corrected chi connectivity index (χ1v) is 5.69. The van der Waals surface area contributed by atoms with Crippen molar-refractivity contribution in [2.45, 2.75) is 24.8 Å². The summed E-state index contributed by atoms with van der Waals surface area (Å²) < 4.78 is 0. The number of aliphatic imine (C=N–C) groups is 1. The van der Waals surface area contributed by atoms with Gasteiger partial charge in [-0.2, -0.15) is 4.99 Å². The van der Waals surface area contributed by atoms with Crippen LogP contribution in [0.4, 0.5) is 5.69 Å². The quantitative estimate of drug-likeness (QED) is 0.557. The number of isocyanates is 1. The van der Waals surface area contributed by atoms with Crippen LogP contribution in [0.3, 0.4) is 0 Å². The van der Waals surface area contributed by atoms with Gasteiger partial charge < -0.3 is 4.90 Å². The Bertz CT molecular complexity index is 485. The maximum Gasteiger partial charge on any atom is 0.235 e. The van der Waals surface area contributed by atoms with Gasteiger partial charge in [0.1, 0.15) is 0 Å². The third-order valence-corrected chi connectivity index (χ3v) is 3.73. The van der Waals surface area contributed by atoms with Gasteiger partial charge in [0.2, 0.25) is 6.08 Å². The molecule has 0 unspecified atom stereocenters. The maximum atomic E-state index is 10.4. The van der Waals surface area contributed by atoms with Gasteiger partial charge in [0.25, 0.3) is 0 Å². The van der Waals surface area contributed by atoms with E-state index in [4.69, 9.17) is 0 Å². The van der Waals surface area contributed by atoms with Crippen LogP contribution in [0.25, 0.3) is 0 Å². The first-order chi connectivity index (χ1) is 7.75. The number of rotatable bonds is 2. The lowest BCUT2D eigenvalue weighted by molar-refractivity contribution is 0.556. The van der Waals surface area contributed by atoms with Gasteiger partial charge in [-0.05, 0) is 36.5 Å². The molecule has 16 heavy (non-hydrogen) atoms. The van der Waals surface area contributed by atoms with Gasteiger partial charge in [0.15, 0.2) is 0 Å². The third-order valence-electron chi connectivity index (χ3n) is 3.73. The summed E-state index contributed by atoms with van der Waals surface area (Å²) in [6, 6.07) is 6.48. The molecule has 0 spiro atoms. The SMILES string of the molecule is CN1CCc2ccc(C3(N=C=O)CC3)cc21. The van der Waals surface area contributed by atoms with Crippen LogP contribution in [0.1, 0.15) is 24.0 Å². The Balaban J connectivity index is 2.04. The third kappa shape index (κ3) is 1.29. The van der Waals surface area contributed by atoms with E-state index in [-0.39, 0.29) is 5.54 Å². The zero-order valence-electron chi connectivity index (χ0n) is 9.36. The van der Waals surface area contributed by atoms with Crippen LogP contribution in [0, 0.1) is 0 Å². The highest BCUT2D eigenvalue weighted by Crippen LogP contribution is 2.50. The Hall–Kier alpha value is -1.60. The first-order valence-electron chi connectivity index (χ1n) is 5.69. The van der Waals surface area contributed by atoms with Gasteiger partial charge in [-0.25, -0.2) is 4.79 Å². The molecule has 0 N–H and O–H groups in total. The monoisotopic (exact) mass is 214 g/mol. The molecule has 3 heteroatoms.